The van der Waals surface area contributed by atoms with Gasteiger partial charge in [-0.05, 0) is 12.5 Å². The van der Waals surface area contributed by atoms with Crippen LogP contribution >= 0.6 is 0 Å². The fourth-order valence-electron chi connectivity index (χ4n) is 2.38. The number of nitrogens with one attached hydrogen (secondary N) is 1. The molecule has 3 rings (SSSR count). The Bertz CT molecular complexity index is 722. The number of hydrogen-bond acceptors (Lipinski definition) is 4. The van der Waals surface area contributed by atoms with E-state index in [1.54, 1.807) is 12.3 Å². The average molecular weight is 261 g/mol. The number of nitrogens with zero attached hydrogens (tertiary/aromatic N) is 2. The molecule has 3 heterocycles. The Kier molecular flexibility index (Phi) is 2.74. The topological polar surface area (TPSA) is 77.0 Å². The maximum Gasteiger partial charge on any atom is 0.328 e. The lowest BCUT2D eigenvalue weighted by Crippen LogP contribution is -2.50. The minimum absolute atomic E-state index is 0.0858. The van der Waals surface area contributed by atoms with Crippen LogP contribution in [0.3, 0.4) is 0 Å². The van der Waals surface area contributed by atoms with E-state index >= 15 is 0 Å². The van der Waals surface area contributed by atoms with Crippen LogP contribution in [0, 0.1) is 5.41 Å². The van der Waals surface area contributed by atoms with Gasteiger partial charge in [-0.1, -0.05) is 6.92 Å². The number of fused-ring (bicyclic) bond motifs is 1. The summed E-state index contributed by atoms with van der Waals surface area (Å²) >= 11 is 0. The van der Waals surface area contributed by atoms with Crippen molar-refractivity contribution in [3.05, 3.63) is 39.3 Å². The Morgan fingerprint density at radius 2 is 2.26 bits per heavy atom. The Hall–Kier alpha value is -1.95. The third-order valence-corrected chi connectivity index (χ3v) is 3.84. The number of rotatable bonds is 3. The lowest BCUT2D eigenvalue weighted by atomic mass is 9.83. The van der Waals surface area contributed by atoms with Crippen molar-refractivity contribution in [3.8, 4) is 0 Å². The minimum atomic E-state index is -0.384. The van der Waals surface area contributed by atoms with Gasteiger partial charge in [0.25, 0.3) is 5.56 Å². The van der Waals surface area contributed by atoms with E-state index in [0.29, 0.717) is 30.7 Å². The summed E-state index contributed by atoms with van der Waals surface area (Å²) in [6.45, 7) is 3.65. The van der Waals surface area contributed by atoms with E-state index < -0.39 is 0 Å². The summed E-state index contributed by atoms with van der Waals surface area (Å²) in [5.74, 6) is 0. The second-order valence-electron chi connectivity index (χ2n) is 5.09. The molecule has 1 aliphatic heterocycles. The molecule has 100 valence electrons. The Morgan fingerprint density at radius 3 is 2.89 bits per heavy atom. The van der Waals surface area contributed by atoms with Crippen molar-refractivity contribution in [2.45, 2.75) is 19.9 Å². The summed E-state index contributed by atoms with van der Waals surface area (Å²) < 4.78 is 6.50. The predicted octanol–water partition coefficient (Wildman–Crippen LogP) is 0.511. The van der Waals surface area contributed by atoms with Gasteiger partial charge in [-0.2, -0.15) is 0 Å². The molecule has 1 saturated heterocycles. The Morgan fingerprint density at radius 1 is 1.47 bits per heavy atom. The van der Waals surface area contributed by atoms with Gasteiger partial charge in [-0.15, -0.1) is 0 Å². The number of H-pyrrole nitrogens is 1. The molecule has 2 aromatic heterocycles. The monoisotopic (exact) mass is 261 g/mol. The maximum absolute atomic E-state index is 12.4. The van der Waals surface area contributed by atoms with Gasteiger partial charge in [0.1, 0.15) is 0 Å². The minimum Gasteiger partial charge on any atom is -0.380 e. The molecule has 0 saturated carbocycles. The van der Waals surface area contributed by atoms with Crippen LogP contribution in [0.15, 0.2) is 28.0 Å². The van der Waals surface area contributed by atoms with Crippen LogP contribution in [0.1, 0.15) is 13.3 Å². The van der Waals surface area contributed by atoms with Gasteiger partial charge in [-0.3, -0.25) is 14.3 Å². The second-order valence-corrected chi connectivity index (χ2v) is 5.09. The number of aromatic amines is 1. The number of hydrogen-bond donors (Lipinski definition) is 1. The van der Waals surface area contributed by atoms with Crippen molar-refractivity contribution in [2.75, 3.05) is 13.2 Å². The molecule has 1 N–H and O–H groups in total. The zero-order valence-corrected chi connectivity index (χ0v) is 10.7. The summed E-state index contributed by atoms with van der Waals surface area (Å²) in [7, 11) is 0. The molecule has 6 heteroatoms. The summed E-state index contributed by atoms with van der Waals surface area (Å²) in [5, 5.41) is 0.487. The molecule has 1 fully saturated rings. The molecule has 0 aliphatic carbocycles. The Balaban J connectivity index is 2.14. The van der Waals surface area contributed by atoms with E-state index in [2.05, 4.69) is 9.97 Å². The van der Waals surface area contributed by atoms with Gasteiger partial charge in [-0.25, -0.2) is 4.79 Å². The van der Waals surface area contributed by atoms with Crippen LogP contribution in [-0.2, 0) is 11.3 Å². The highest BCUT2D eigenvalue weighted by atomic mass is 16.5. The lowest BCUT2D eigenvalue weighted by Gasteiger charge is -2.40. The Labute approximate surface area is 109 Å². The fraction of sp³-hybridized carbons (Fsp3) is 0.462. The highest BCUT2D eigenvalue weighted by Gasteiger charge is 2.38. The normalized spacial score (nSPS) is 17.3. The molecule has 0 unspecified atom stereocenters. The average Bonchev–Trinajstić information content (AvgIpc) is 2.37. The summed E-state index contributed by atoms with van der Waals surface area (Å²) in [6.07, 6.45) is 3.92. The highest BCUT2D eigenvalue weighted by Crippen LogP contribution is 2.32. The molecular formula is C13H15N3O3. The predicted molar refractivity (Wildman–Crippen MR) is 70.2 cm³/mol. The standard InChI is InChI=1S/C13H15N3O3/c1-2-13(7-19-8-13)6-16-11(17)9-3-4-14-5-10(9)15-12(16)18/h3-5H,2,6-8H2,1H3,(H,15,18). The molecule has 0 atom stereocenters. The first-order valence-electron chi connectivity index (χ1n) is 6.30. The largest absolute Gasteiger partial charge is 0.380 e. The number of pyridine rings is 1. The summed E-state index contributed by atoms with van der Waals surface area (Å²) in [5.41, 5.74) is -0.257. The van der Waals surface area contributed by atoms with Crippen molar-refractivity contribution in [3.63, 3.8) is 0 Å². The lowest BCUT2D eigenvalue weighted by molar-refractivity contribution is -0.124. The van der Waals surface area contributed by atoms with Gasteiger partial charge in [0, 0.05) is 18.2 Å². The van der Waals surface area contributed by atoms with Crippen LogP contribution in [-0.4, -0.2) is 27.7 Å². The molecule has 0 bridgehead atoms. The quantitative estimate of drug-likeness (QED) is 0.873. The molecular weight excluding hydrogens is 246 g/mol. The molecule has 0 aromatic carbocycles. The van der Waals surface area contributed by atoms with Crippen LogP contribution in [0.4, 0.5) is 0 Å². The first-order valence-corrected chi connectivity index (χ1v) is 6.30. The molecule has 6 nitrogen and oxygen atoms in total. The molecule has 2 aromatic rings. The third-order valence-electron chi connectivity index (χ3n) is 3.84. The van der Waals surface area contributed by atoms with Gasteiger partial charge in [0.05, 0.1) is 30.3 Å². The van der Waals surface area contributed by atoms with E-state index in [4.69, 9.17) is 4.74 Å². The third kappa shape index (κ3) is 1.88. The smallest absolute Gasteiger partial charge is 0.328 e. The molecule has 1 aliphatic rings. The van der Waals surface area contributed by atoms with Crippen molar-refractivity contribution < 1.29 is 4.74 Å². The van der Waals surface area contributed by atoms with Gasteiger partial charge < -0.3 is 9.72 Å². The molecule has 0 radical (unpaired) electrons. The zero-order chi connectivity index (χ0) is 13.5. The van der Waals surface area contributed by atoms with Crippen molar-refractivity contribution >= 4 is 10.9 Å². The molecule has 0 spiro atoms. The van der Waals surface area contributed by atoms with Crippen molar-refractivity contribution in [2.24, 2.45) is 5.41 Å². The molecule has 0 amide bonds. The van der Waals surface area contributed by atoms with E-state index in [0.717, 1.165) is 6.42 Å². The second kappa shape index (κ2) is 4.31. The maximum atomic E-state index is 12.4. The van der Waals surface area contributed by atoms with Crippen LogP contribution in [0.5, 0.6) is 0 Å². The van der Waals surface area contributed by atoms with Crippen molar-refractivity contribution in [1.82, 2.24) is 14.5 Å². The van der Waals surface area contributed by atoms with Crippen LogP contribution in [0.2, 0.25) is 0 Å². The fourth-order valence-corrected chi connectivity index (χ4v) is 2.38. The van der Waals surface area contributed by atoms with E-state index in [1.807, 2.05) is 6.92 Å². The first-order chi connectivity index (χ1) is 9.15. The highest BCUT2D eigenvalue weighted by molar-refractivity contribution is 5.75. The van der Waals surface area contributed by atoms with Gasteiger partial charge in [0.15, 0.2) is 0 Å². The van der Waals surface area contributed by atoms with Gasteiger partial charge >= 0.3 is 5.69 Å². The van der Waals surface area contributed by atoms with E-state index in [9.17, 15) is 9.59 Å². The first kappa shape index (κ1) is 12.1. The summed E-state index contributed by atoms with van der Waals surface area (Å²) in [4.78, 5) is 31.0. The summed E-state index contributed by atoms with van der Waals surface area (Å²) in [6, 6.07) is 1.62. The van der Waals surface area contributed by atoms with Crippen molar-refractivity contribution in [1.29, 1.82) is 0 Å². The van der Waals surface area contributed by atoms with Crippen LogP contribution in [0.25, 0.3) is 10.9 Å². The van der Waals surface area contributed by atoms with E-state index in [1.165, 1.54) is 10.8 Å². The SMILES string of the molecule is CCC1(Cn2c(=O)[nH]c3cnccc3c2=O)COC1. The number of aromatic nitrogens is 3. The zero-order valence-electron chi connectivity index (χ0n) is 10.7. The molecule has 19 heavy (non-hydrogen) atoms. The van der Waals surface area contributed by atoms with Crippen LogP contribution < -0.4 is 11.2 Å². The van der Waals surface area contributed by atoms with E-state index in [-0.39, 0.29) is 16.7 Å². The van der Waals surface area contributed by atoms with Gasteiger partial charge in [0.2, 0.25) is 0 Å². The number of ether oxygens (including phenoxy) is 1.